The average molecular weight is 549 g/mol. The molecule has 39 heavy (non-hydrogen) atoms. The Morgan fingerprint density at radius 1 is 1.05 bits per heavy atom. The van der Waals surface area contributed by atoms with Crippen LogP contribution in [0.4, 0.5) is 0 Å². The maximum Gasteiger partial charge on any atom is 0.343 e. The number of esters is 1. The Kier molecular flexibility index (Phi) is 8.84. The first-order valence-electron chi connectivity index (χ1n) is 12.6. The number of methoxy groups -OCH3 is 1. The van der Waals surface area contributed by atoms with Crippen molar-refractivity contribution in [3.05, 3.63) is 87.8 Å². The first-order valence-corrected chi connectivity index (χ1v) is 12.9. The quantitative estimate of drug-likeness (QED) is 0.177. The summed E-state index contributed by atoms with van der Waals surface area (Å²) in [5.74, 6) is 1.13. The summed E-state index contributed by atoms with van der Waals surface area (Å²) in [4.78, 5) is 12.7. The lowest BCUT2D eigenvalue weighted by atomic mass is 9.83. The van der Waals surface area contributed by atoms with Crippen molar-refractivity contribution in [3.8, 4) is 34.8 Å². The number of nitriles is 1. The first-order chi connectivity index (χ1) is 18.9. The number of nitrogens with zero attached hydrogens (tertiary/aromatic N) is 1. The van der Waals surface area contributed by atoms with Gasteiger partial charge in [0.15, 0.2) is 11.5 Å². The monoisotopic (exact) mass is 548 g/mol. The second-order valence-corrected chi connectivity index (χ2v) is 9.11. The molecular weight excluding hydrogens is 520 g/mol. The van der Waals surface area contributed by atoms with Crippen molar-refractivity contribution in [1.82, 2.24) is 0 Å². The molecule has 1 aliphatic rings. The van der Waals surface area contributed by atoms with Crippen LogP contribution in [0.5, 0.6) is 28.7 Å². The highest BCUT2D eigenvalue weighted by Gasteiger charge is 2.32. The maximum absolute atomic E-state index is 12.7. The summed E-state index contributed by atoms with van der Waals surface area (Å²) in [5, 5.41) is 10.2. The number of benzene rings is 3. The van der Waals surface area contributed by atoms with Gasteiger partial charge in [0.1, 0.15) is 28.9 Å². The first kappa shape index (κ1) is 27.7. The number of rotatable bonds is 10. The van der Waals surface area contributed by atoms with Gasteiger partial charge in [0, 0.05) is 11.6 Å². The Morgan fingerprint density at radius 2 is 1.85 bits per heavy atom. The summed E-state index contributed by atoms with van der Waals surface area (Å²) in [6.07, 6.45) is 1.94. The minimum Gasteiger partial charge on any atom is -0.495 e. The van der Waals surface area contributed by atoms with Crippen LogP contribution in [0.1, 0.15) is 54.1 Å². The van der Waals surface area contributed by atoms with Crippen LogP contribution in [0.3, 0.4) is 0 Å². The van der Waals surface area contributed by atoms with Crippen molar-refractivity contribution in [1.29, 1.82) is 5.26 Å². The van der Waals surface area contributed by atoms with Crippen molar-refractivity contribution in [2.75, 3.05) is 20.3 Å². The van der Waals surface area contributed by atoms with Crippen LogP contribution in [0.25, 0.3) is 0 Å². The molecule has 1 aliphatic heterocycles. The lowest BCUT2D eigenvalue weighted by Crippen LogP contribution is -2.21. The standard InChI is InChI=1S/C30H29ClN2O6/c1-4-6-13-37-25-12-7-18(15-27(25)36-5-2)28-21-10-9-20(16-26(21)39-29(33)22(28)17-32)38-30(34)19-8-11-24(35-3)23(31)14-19/h7-12,14-16,28H,4-6,13,33H2,1-3H3. The molecular formula is C30H29ClN2O6. The van der Waals surface area contributed by atoms with Gasteiger partial charge < -0.3 is 29.4 Å². The highest BCUT2D eigenvalue weighted by atomic mass is 35.5. The van der Waals surface area contributed by atoms with E-state index in [1.54, 1.807) is 30.3 Å². The molecule has 0 fully saturated rings. The number of allylic oxidation sites excluding steroid dienone is 1. The van der Waals surface area contributed by atoms with Crippen LogP contribution < -0.4 is 29.4 Å². The van der Waals surface area contributed by atoms with Crippen LogP contribution in [-0.4, -0.2) is 26.3 Å². The van der Waals surface area contributed by atoms with Gasteiger partial charge in [-0.2, -0.15) is 5.26 Å². The largest absolute Gasteiger partial charge is 0.495 e. The average Bonchev–Trinajstić information content (AvgIpc) is 2.93. The van der Waals surface area contributed by atoms with Crippen molar-refractivity contribution in [3.63, 3.8) is 0 Å². The highest BCUT2D eigenvalue weighted by Crippen LogP contribution is 2.45. The Hall–Kier alpha value is -4.35. The van der Waals surface area contributed by atoms with Crippen LogP contribution in [0.2, 0.25) is 5.02 Å². The third kappa shape index (κ3) is 6.05. The van der Waals surface area contributed by atoms with Gasteiger partial charge in [0.25, 0.3) is 0 Å². The normalized spacial score (nSPS) is 14.1. The molecule has 1 heterocycles. The fourth-order valence-corrected chi connectivity index (χ4v) is 4.48. The van der Waals surface area contributed by atoms with Crippen LogP contribution >= 0.6 is 11.6 Å². The number of carbonyl (C=O) groups excluding carboxylic acids is 1. The van der Waals surface area contributed by atoms with E-state index < -0.39 is 11.9 Å². The number of hydrogen-bond donors (Lipinski definition) is 1. The molecule has 0 bridgehead atoms. The molecule has 3 aromatic carbocycles. The third-order valence-corrected chi connectivity index (χ3v) is 6.44. The zero-order valence-corrected chi connectivity index (χ0v) is 22.7. The summed E-state index contributed by atoms with van der Waals surface area (Å²) < 4.78 is 28.2. The fraction of sp³-hybridized carbons (Fsp3) is 0.267. The third-order valence-electron chi connectivity index (χ3n) is 6.14. The van der Waals surface area contributed by atoms with E-state index >= 15 is 0 Å². The van der Waals surface area contributed by atoms with Crippen LogP contribution in [0, 0.1) is 11.3 Å². The second-order valence-electron chi connectivity index (χ2n) is 8.70. The van der Waals surface area contributed by atoms with Gasteiger partial charge in [-0.3, -0.25) is 0 Å². The molecule has 202 valence electrons. The molecule has 1 unspecified atom stereocenters. The number of halogens is 1. The Labute approximate surface area is 232 Å². The van der Waals surface area contributed by atoms with Gasteiger partial charge in [-0.1, -0.05) is 37.1 Å². The molecule has 9 heteroatoms. The topological polar surface area (TPSA) is 113 Å². The van der Waals surface area contributed by atoms with E-state index in [2.05, 4.69) is 13.0 Å². The molecule has 0 saturated heterocycles. The van der Waals surface area contributed by atoms with E-state index in [1.807, 2.05) is 25.1 Å². The molecule has 3 aromatic rings. The van der Waals surface area contributed by atoms with Gasteiger partial charge in [-0.05, 0) is 55.3 Å². The second kappa shape index (κ2) is 12.5. The summed E-state index contributed by atoms with van der Waals surface area (Å²) in [6.45, 7) is 5.03. The maximum atomic E-state index is 12.7. The van der Waals surface area contributed by atoms with Gasteiger partial charge in [-0.25, -0.2) is 4.79 Å². The molecule has 0 spiro atoms. The Morgan fingerprint density at radius 3 is 2.54 bits per heavy atom. The van der Waals surface area contributed by atoms with Gasteiger partial charge in [0.05, 0.1) is 36.8 Å². The lowest BCUT2D eigenvalue weighted by molar-refractivity contribution is 0.0734. The molecule has 2 N–H and O–H groups in total. The van der Waals surface area contributed by atoms with Crippen molar-refractivity contribution < 1.29 is 28.5 Å². The fourth-order valence-electron chi connectivity index (χ4n) is 4.22. The van der Waals surface area contributed by atoms with Gasteiger partial charge in [0.2, 0.25) is 5.88 Å². The van der Waals surface area contributed by atoms with E-state index in [1.165, 1.54) is 13.2 Å². The van der Waals surface area contributed by atoms with Crippen molar-refractivity contribution in [2.24, 2.45) is 5.73 Å². The number of nitrogens with two attached hydrogens (primary N) is 1. The number of hydrogen-bond acceptors (Lipinski definition) is 8. The highest BCUT2D eigenvalue weighted by molar-refractivity contribution is 6.32. The van der Waals surface area contributed by atoms with Crippen LogP contribution in [0.15, 0.2) is 66.1 Å². The number of unbranched alkanes of at least 4 members (excludes halogenated alkanes) is 1. The zero-order valence-electron chi connectivity index (χ0n) is 22.0. The molecule has 4 rings (SSSR count). The minimum atomic E-state index is -0.604. The summed E-state index contributed by atoms with van der Waals surface area (Å²) in [6, 6.07) is 17.3. The Bertz CT molecular complexity index is 1450. The predicted octanol–water partition coefficient (Wildman–Crippen LogP) is 6.36. The van der Waals surface area contributed by atoms with Gasteiger partial charge in [-0.15, -0.1) is 0 Å². The van der Waals surface area contributed by atoms with E-state index in [9.17, 15) is 10.1 Å². The summed E-state index contributed by atoms with van der Waals surface area (Å²) >= 11 is 6.15. The van der Waals surface area contributed by atoms with Crippen molar-refractivity contribution >= 4 is 17.6 Å². The Balaban J connectivity index is 1.66. The summed E-state index contributed by atoms with van der Waals surface area (Å²) in [5.41, 5.74) is 8.16. The lowest BCUT2D eigenvalue weighted by Gasteiger charge is -2.27. The van der Waals surface area contributed by atoms with E-state index in [-0.39, 0.29) is 22.8 Å². The number of carbonyl (C=O) groups is 1. The summed E-state index contributed by atoms with van der Waals surface area (Å²) in [7, 11) is 1.49. The predicted molar refractivity (Wildman–Crippen MR) is 147 cm³/mol. The molecule has 0 aromatic heterocycles. The van der Waals surface area contributed by atoms with E-state index in [0.29, 0.717) is 46.8 Å². The van der Waals surface area contributed by atoms with E-state index in [0.717, 1.165) is 18.4 Å². The molecule has 0 aliphatic carbocycles. The smallest absolute Gasteiger partial charge is 0.343 e. The molecule has 0 saturated carbocycles. The van der Waals surface area contributed by atoms with Crippen LogP contribution in [-0.2, 0) is 0 Å². The molecule has 8 nitrogen and oxygen atoms in total. The number of ether oxygens (including phenoxy) is 5. The number of fused-ring (bicyclic) bond motifs is 1. The molecule has 0 amide bonds. The zero-order chi connectivity index (χ0) is 27.9. The minimum absolute atomic E-state index is 0.0263. The van der Waals surface area contributed by atoms with Gasteiger partial charge >= 0.3 is 5.97 Å². The molecule has 0 radical (unpaired) electrons. The SMILES string of the molecule is CCCCOc1ccc(C2C(C#N)=C(N)Oc3cc(OC(=O)c4ccc(OC)c(Cl)c4)ccc32)cc1OCC. The van der Waals surface area contributed by atoms with E-state index in [4.69, 9.17) is 41.0 Å². The molecule has 1 atom stereocenters. The van der Waals surface area contributed by atoms with Crippen molar-refractivity contribution in [2.45, 2.75) is 32.6 Å².